The van der Waals surface area contributed by atoms with Crippen molar-refractivity contribution in [2.75, 3.05) is 27.2 Å². The molecule has 1 saturated heterocycles. The van der Waals surface area contributed by atoms with Crippen LogP contribution >= 0.6 is 0 Å². The van der Waals surface area contributed by atoms with Gasteiger partial charge in [-0.3, -0.25) is 4.79 Å². The summed E-state index contributed by atoms with van der Waals surface area (Å²) < 4.78 is 5.54. The van der Waals surface area contributed by atoms with Crippen LogP contribution in [0.1, 0.15) is 33.6 Å². The highest BCUT2D eigenvalue weighted by molar-refractivity contribution is 5.85. The zero-order valence-corrected chi connectivity index (χ0v) is 13.3. The second-order valence-corrected chi connectivity index (χ2v) is 5.80. The summed E-state index contributed by atoms with van der Waals surface area (Å²) in [6.45, 7) is 7.11. The van der Waals surface area contributed by atoms with E-state index in [1.54, 1.807) is 19.0 Å². The van der Waals surface area contributed by atoms with E-state index in [-0.39, 0.29) is 24.6 Å². The average Bonchev–Trinajstić information content (AvgIpc) is 2.34. The number of aliphatic imine (C=N–C) groups is 1. The normalized spacial score (nSPS) is 23.6. The van der Waals surface area contributed by atoms with Gasteiger partial charge in [0.25, 0.3) is 0 Å². The lowest BCUT2D eigenvalue weighted by Crippen LogP contribution is -2.49. The lowest BCUT2D eigenvalue weighted by atomic mass is 10.0. The first-order valence-electron chi connectivity index (χ1n) is 7.27. The minimum atomic E-state index is -0.00444. The largest absolute Gasteiger partial charge is 0.378 e. The molecule has 20 heavy (non-hydrogen) atoms. The molecule has 2 atom stereocenters. The van der Waals surface area contributed by atoms with E-state index < -0.39 is 0 Å². The van der Waals surface area contributed by atoms with Crippen molar-refractivity contribution in [1.29, 1.82) is 0 Å². The Morgan fingerprint density at radius 1 is 1.45 bits per heavy atom. The molecule has 0 aliphatic carbocycles. The van der Waals surface area contributed by atoms with Gasteiger partial charge in [0.2, 0.25) is 5.91 Å². The van der Waals surface area contributed by atoms with Crippen LogP contribution in [0, 0.1) is 0 Å². The third kappa shape index (κ3) is 6.23. The van der Waals surface area contributed by atoms with E-state index in [1.807, 2.05) is 0 Å². The summed E-state index contributed by atoms with van der Waals surface area (Å²) >= 11 is 0. The first kappa shape index (κ1) is 16.8. The fraction of sp³-hybridized carbons (Fsp3) is 0.857. The molecule has 116 valence electrons. The second-order valence-electron chi connectivity index (χ2n) is 5.80. The zero-order chi connectivity index (χ0) is 15.1. The number of rotatable bonds is 4. The molecule has 6 nitrogen and oxygen atoms in total. The number of nitrogens with zero attached hydrogens (tertiary/aromatic N) is 2. The highest BCUT2D eigenvalue weighted by Gasteiger charge is 2.20. The fourth-order valence-corrected chi connectivity index (χ4v) is 2.02. The van der Waals surface area contributed by atoms with Crippen molar-refractivity contribution in [2.24, 2.45) is 4.99 Å². The number of amides is 1. The van der Waals surface area contributed by atoms with Gasteiger partial charge in [0, 0.05) is 32.8 Å². The average molecular weight is 284 g/mol. The van der Waals surface area contributed by atoms with Crippen LogP contribution in [0.3, 0.4) is 0 Å². The Morgan fingerprint density at radius 3 is 2.70 bits per heavy atom. The maximum absolute atomic E-state index is 11.6. The molecule has 1 heterocycles. The summed E-state index contributed by atoms with van der Waals surface area (Å²) in [5.74, 6) is 0.699. The molecular weight excluding hydrogens is 256 g/mol. The molecule has 2 N–H and O–H groups in total. The molecule has 2 unspecified atom stereocenters. The summed E-state index contributed by atoms with van der Waals surface area (Å²) in [6, 6.07) is 0.617. The van der Waals surface area contributed by atoms with Crippen molar-refractivity contribution in [2.45, 2.75) is 51.8 Å². The maximum Gasteiger partial charge on any atom is 0.243 e. The molecule has 0 radical (unpaired) electrons. The van der Waals surface area contributed by atoms with E-state index in [4.69, 9.17) is 4.74 Å². The van der Waals surface area contributed by atoms with Crippen LogP contribution in [0.2, 0.25) is 0 Å². The van der Waals surface area contributed by atoms with E-state index in [0.717, 1.165) is 19.4 Å². The highest BCUT2D eigenvalue weighted by Crippen LogP contribution is 2.12. The first-order chi connectivity index (χ1) is 9.38. The summed E-state index contributed by atoms with van der Waals surface area (Å²) in [4.78, 5) is 17.5. The zero-order valence-electron chi connectivity index (χ0n) is 13.3. The molecule has 0 aromatic heterocycles. The Labute approximate surface area is 122 Å². The molecule has 0 aromatic carbocycles. The van der Waals surface area contributed by atoms with Crippen LogP contribution in [0.25, 0.3) is 0 Å². The number of likely N-dealkylation sites (N-methyl/N-ethyl adjacent to an activating group) is 1. The van der Waals surface area contributed by atoms with Crippen molar-refractivity contribution in [3.63, 3.8) is 0 Å². The summed E-state index contributed by atoms with van der Waals surface area (Å²) in [6.07, 6.45) is 2.19. The quantitative estimate of drug-likeness (QED) is 0.585. The number of carbonyl (C=O) groups is 1. The van der Waals surface area contributed by atoms with Gasteiger partial charge in [-0.05, 0) is 33.6 Å². The Hall–Kier alpha value is -1.30. The van der Waals surface area contributed by atoms with Gasteiger partial charge in [0.1, 0.15) is 6.54 Å². The van der Waals surface area contributed by atoms with Crippen molar-refractivity contribution >= 4 is 11.9 Å². The smallest absolute Gasteiger partial charge is 0.243 e. The molecular formula is C14H28N4O2. The molecule has 0 saturated carbocycles. The van der Waals surface area contributed by atoms with E-state index in [9.17, 15) is 4.79 Å². The van der Waals surface area contributed by atoms with Gasteiger partial charge in [-0.15, -0.1) is 0 Å². The third-order valence-corrected chi connectivity index (χ3v) is 3.12. The molecule has 0 bridgehead atoms. The lowest BCUT2D eigenvalue weighted by molar-refractivity contribution is -0.127. The van der Waals surface area contributed by atoms with E-state index >= 15 is 0 Å². The van der Waals surface area contributed by atoms with E-state index in [0.29, 0.717) is 12.0 Å². The van der Waals surface area contributed by atoms with Gasteiger partial charge >= 0.3 is 0 Å². The summed E-state index contributed by atoms with van der Waals surface area (Å²) in [5.41, 5.74) is 0. The molecule has 0 aromatic rings. The number of carbonyl (C=O) groups excluding carboxylic acids is 1. The minimum Gasteiger partial charge on any atom is -0.378 e. The van der Waals surface area contributed by atoms with Crippen LogP contribution in [0.15, 0.2) is 4.99 Å². The lowest BCUT2D eigenvalue weighted by Gasteiger charge is -2.29. The third-order valence-electron chi connectivity index (χ3n) is 3.12. The monoisotopic (exact) mass is 284 g/mol. The Bertz CT molecular complexity index is 342. The van der Waals surface area contributed by atoms with Gasteiger partial charge < -0.3 is 20.3 Å². The van der Waals surface area contributed by atoms with Gasteiger partial charge in [-0.1, -0.05) is 0 Å². The van der Waals surface area contributed by atoms with Crippen LogP contribution in [0.5, 0.6) is 0 Å². The second kappa shape index (κ2) is 8.09. The molecule has 1 amide bonds. The molecule has 1 fully saturated rings. The Morgan fingerprint density at radius 2 is 2.15 bits per heavy atom. The van der Waals surface area contributed by atoms with Crippen LogP contribution in [0.4, 0.5) is 0 Å². The summed E-state index contributed by atoms with van der Waals surface area (Å²) in [7, 11) is 3.47. The standard InChI is InChI=1S/C14H28N4O2/c1-10(2)16-14(15-9-13(19)18(4)5)17-12-6-7-20-11(3)8-12/h10-12H,6-9H2,1-5H3,(H2,15,16,17). The van der Waals surface area contributed by atoms with Gasteiger partial charge in [0.15, 0.2) is 5.96 Å². The Balaban J connectivity index is 2.58. The van der Waals surface area contributed by atoms with Crippen molar-refractivity contribution < 1.29 is 9.53 Å². The summed E-state index contributed by atoms with van der Waals surface area (Å²) in [5, 5.41) is 6.66. The molecule has 1 aliphatic heterocycles. The molecule has 0 spiro atoms. The molecule has 1 aliphatic rings. The van der Waals surface area contributed by atoms with Gasteiger partial charge in [-0.2, -0.15) is 0 Å². The first-order valence-corrected chi connectivity index (χ1v) is 7.27. The SMILES string of the molecule is CC(C)NC(=NCC(=O)N(C)C)NC1CCOC(C)C1. The molecule has 6 heteroatoms. The topological polar surface area (TPSA) is 66.0 Å². The van der Waals surface area contributed by atoms with E-state index in [2.05, 4.69) is 36.4 Å². The predicted molar refractivity (Wildman–Crippen MR) is 80.8 cm³/mol. The number of hydrogen-bond donors (Lipinski definition) is 2. The fourth-order valence-electron chi connectivity index (χ4n) is 2.02. The number of guanidine groups is 1. The van der Waals surface area contributed by atoms with Crippen molar-refractivity contribution in [3.8, 4) is 0 Å². The highest BCUT2D eigenvalue weighted by atomic mass is 16.5. The van der Waals surface area contributed by atoms with Crippen LogP contribution in [-0.2, 0) is 9.53 Å². The van der Waals surface area contributed by atoms with E-state index in [1.165, 1.54) is 0 Å². The van der Waals surface area contributed by atoms with Crippen LogP contribution in [-0.4, -0.2) is 62.2 Å². The number of hydrogen-bond acceptors (Lipinski definition) is 3. The number of nitrogens with one attached hydrogen (secondary N) is 2. The Kier molecular flexibility index (Phi) is 6.78. The minimum absolute atomic E-state index is 0.00444. The van der Waals surface area contributed by atoms with Gasteiger partial charge in [0.05, 0.1) is 6.10 Å². The number of ether oxygens (including phenoxy) is 1. The van der Waals surface area contributed by atoms with Gasteiger partial charge in [-0.25, -0.2) is 4.99 Å². The van der Waals surface area contributed by atoms with Crippen molar-refractivity contribution in [3.05, 3.63) is 0 Å². The van der Waals surface area contributed by atoms with Crippen LogP contribution < -0.4 is 10.6 Å². The van der Waals surface area contributed by atoms with Crippen molar-refractivity contribution in [1.82, 2.24) is 15.5 Å². The molecule has 1 rings (SSSR count). The predicted octanol–water partition coefficient (Wildman–Crippen LogP) is 0.586. The maximum atomic E-state index is 11.6.